The molecule has 0 aromatic heterocycles. The predicted octanol–water partition coefficient (Wildman–Crippen LogP) is 18.1. The maximum atomic E-state index is 10.5. The molecule has 0 heterocycles. The zero-order valence-corrected chi connectivity index (χ0v) is 50.4. The van der Waals surface area contributed by atoms with E-state index in [0.29, 0.717) is 17.2 Å². The van der Waals surface area contributed by atoms with E-state index in [1.165, 1.54) is 96.5 Å². The molecule has 0 saturated carbocycles. The number of hydrogen-bond acceptors (Lipinski definition) is 3. The van der Waals surface area contributed by atoms with Gasteiger partial charge in [0.15, 0.2) is 0 Å². The summed E-state index contributed by atoms with van der Waals surface area (Å²) in [5, 5.41) is 32.7. The second kappa shape index (κ2) is 28.1. The fourth-order valence-electron chi connectivity index (χ4n) is 8.89. The molecule has 0 fully saturated rings. The van der Waals surface area contributed by atoms with Gasteiger partial charge >= 0.3 is 0 Å². The fraction of sp³-hybridized carbons (Fsp3) is 0.613. The number of aryl methyl sites for hydroxylation is 7. The van der Waals surface area contributed by atoms with Crippen LogP contribution in [0.2, 0.25) is 70.5 Å². The first-order valence-corrected chi connectivity index (χ1v) is 37.8. The van der Waals surface area contributed by atoms with Crippen molar-refractivity contribution in [1.29, 1.82) is 0 Å². The average molecular weight is 982 g/mol. The number of unbranched alkanes of at least 4 members (excludes halogenated alkanes) is 4. The molecule has 4 aromatic carbocycles. The van der Waals surface area contributed by atoms with Gasteiger partial charge < -0.3 is 15.3 Å². The van der Waals surface area contributed by atoms with Crippen LogP contribution in [0.4, 0.5) is 0 Å². The normalized spacial score (nSPS) is 12.3. The molecule has 0 unspecified atom stereocenters. The van der Waals surface area contributed by atoms with Crippen LogP contribution < -0.4 is 5.19 Å². The van der Waals surface area contributed by atoms with Crippen molar-refractivity contribution in [3.05, 3.63) is 117 Å². The van der Waals surface area contributed by atoms with Gasteiger partial charge in [0.1, 0.15) is 17.2 Å². The number of aromatic hydroxyl groups is 3. The van der Waals surface area contributed by atoms with Gasteiger partial charge in [-0.25, -0.2) is 0 Å². The molecule has 3 nitrogen and oxygen atoms in total. The van der Waals surface area contributed by atoms with Crippen LogP contribution in [0.15, 0.2) is 66.7 Å². The van der Waals surface area contributed by atoms with Gasteiger partial charge in [-0.15, -0.1) is 0 Å². The van der Waals surface area contributed by atoms with Crippen LogP contribution >= 0.6 is 0 Å². The second-order valence-electron chi connectivity index (χ2n) is 25.3. The average Bonchev–Trinajstić information content (AvgIpc) is 3.24. The van der Waals surface area contributed by atoms with Crippen LogP contribution in [-0.2, 0) is 55.8 Å². The molecule has 382 valence electrons. The minimum absolute atomic E-state index is 0.0194. The largest absolute Gasteiger partial charge is 0.508 e. The predicted molar refractivity (Wildman–Crippen MR) is 312 cm³/mol. The highest BCUT2D eigenvalue weighted by Crippen LogP contribution is 2.38. The standard InChI is InChI=1S/C24H36OSi.2C19H34OSi/c1-5-7-12-20-19-24(25)22(13-8-6-2)18-21(20)16-17-26(3,4)23-14-10-9-11-15-23;1-18(2,3)15-13-17(20)16(19(4,5)6)12-14(15)10-11-21(7,8)9;1-6-8-10-16-15-19(20)18(11-9-7-2)14-17(16)12-13-21(3,4)5/h9-11,14-15,18-19,25H,5-8,12-13,16-17H2,1-4H3;12-13,20H,10-11H2,1-9H3;14-15,20H,6-13H2,1-5H3. The maximum absolute atomic E-state index is 10.5. The van der Waals surface area contributed by atoms with Crippen molar-refractivity contribution in [2.75, 3.05) is 0 Å². The van der Waals surface area contributed by atoms with E-state index in [-0.39, 0.29) is 10.8 Å². The van der Waals surface area contributed by atoms with Crippen molar-refractivity contribution in [3.8, 4) is 17.2 Å². The smallest absolute Gasteiger partial charge is 0.119 e. The summed E-state index contributed by atoms with van der Waals surface area (Å²) in [5.74, 6) is 1.48. The molecule has 68 heavy (non-hydrogen) atoms. The number of rotatable bonds is 22. The summed E-state index contributed by atoms with van der Waals surface area (Å²) in [7, 11) is -3.51. The van der Waals surface area contributed by atoms with Crippen LogP contribution in [0.25, 0.3) is 0 Å². The van der Waals surface area contributed by atoms with Crippen molar-refractivity contribution in [1.82, 2.24) is 0 Å². The highest BCUT2D eigenvalue weighted by molar-refractivity contribution is 6.89. The van der Waals surface area contributed by atoms with E-state index in [2.05, 4.69) is 182 Å². The van der Waals surface area contributed by atoms with Gasteiger partial charge in [-0.05, 0) is 156 Å². The Kier molecular flexibility index (Phi) is 25.2. The van der Waals surface area contributed by atoms with E-state index in [0.717, 1.165) is 68.1 Å². The molecule has 0 bridgehead atoms. The Hall–Kier alpha value is -3.07. The van der Waals surface area contributed by atoms with Gasteiger partial charge in [-0.3, -0.25) is 0 Å². The summed E-state index contributed by atoms with van der Waals surface area (Å²) in [6, 6.07) is 27.9. The molecule has 0 radical (unpaired) electrons. The Morgan fingerprint density at radius 2 is 0.721 bits per heavy atom. The third kappa shape index (κ3) is 21.9. The van der Waals surface area contributed by atoms with Gasteiger partial charge in [0.2, 0.25) is 0 Å². The Labute approximate surface area is 423 Å². The van der Waals surface area contributed by atoms with Gasteiger partial charge in [0.05, 0.1) is 8.07 Å². The monoisotopic (exact) mass is 981 g/mol. The van der Waals surface area contributed by atoms with Crippen LogP contribution in [0.3, 0.4) is 0 Å². The summed E-state index contributed by atoms with van der Waals surface area (Å²) in [4.78, 5) is 0. The van der Waals surface area contributed by atoms with Gasteiger partial charge in [0, 0.05) is 16.1 Å². The summed E-state index contributed by atoms with van der Waals surface area (Å²) < 4.78 is 0. The summed E-state index contributed by atoms with van der Waals surface area (Å²) >= 11 is 0. The lowest BCUT2D eigenvalue weighted by molar-refractivity contribution is 0.442. The topological polar surface area (TPSA) is 60.7 Å². The Balaban J connectivity index is 0.000000353. The maximum Gasteiger partial charge on any atom is 0.119 e. The quantitative estimate of drug-likeness (QED) is 0.0688. The molecular formula is C62H104O3Si3. The van der Waals surface area contributed by atoms with Crippen LogP contribution in [-0.4, -0.2) is 39.5 Å². The van der Waals surface area contributed by atoms with Crippen molar-refractivity contribution in [3.63, 3.8) is 0 Å². The Bertz CT molecular complexity index is 2070. The summed E-state index contributed by atoms with van der Waals surface area (Å²) in [6.07, 6.45) is 17.1. The molecule has 4 rings (SSSR count). The van der Waals surface area contributed by atoms with E-state index >= 15 is 0 Å². The van der Waals surface area contributed by atoms with Crippen LogP contribution in [0.1, 0.15) is 171 Å². The number of phenols is 3. The lowest BCUT2D eigenvalue weighted by atomic mass is 9.78. The molecule has 6 heteroatoms. The molecule has 0 aliphatic rings. The molecule has 0 aliphatic carbocycles. The third-order valence-electron chi connectivity index (χ3n) is 13.7. The van der Waals surface area contributed by atoms with E-state index in [4.69, 9.17) is 0 Å². The number of hydrogen-bond donors (Lipinski definition) is 3. The molecule has 4 aromatic rings. The fourth-order valence-corrected chi connectivity index (χ4v) is 13.2. The Morgan fingerprint density at radius 3 is 1.09 bits per heavy atom. The van der Waals surface area contributed by atoms with Gasteiger partial charge in [-0.2, -0.15) is 0 Å². The number of phenolic OH excluding ortho intramolecular Hbond substituents is 3. The van der Waals surface area contributed by atoms with Crippen molar-refractivity contribution < 1.29 is 15.3 Å². The molecule has 0 saturated heterocycles. The van der Waals surface area contributed by atoms with Crippen molar-refractivity contribution in [2.24, 2.45) is 0 Å². The highest BCUT2D eigenvalue weighted by Gasteiger charge is 2.27. The zero-order chi connectivity index (χ0) is 51.5. The van der Waals surface area contributed by atoms with Crippen molar-refractivity contribution >= 4 is 29.4 Å². The minimum Gasteiger partial charge on any atom is -0.508 e. The van der Waals surface area contributed by atoms with Crippen molar-refractivity contribution in [2.45, 2.75) is 247 Å². The van der Waals surface area contributed by atoms with E-state index in [1.807, 2.05) is 6.07 Å². The highest BCUT2D eigenvalue weighted by atomic mass is 28.3. The zero-order valence-electron chi connectivity index (χ0n) is 47.4. The molecular weight excluding hydrogens is 877 g/mol. The van der Waals surface area contributed by atoms with E-state index in [1.54, 1.807) is 5.19 Å². The molecule has 3 N–H and O–H groups in total. The molecule has 0 atom stereocenters. The van der Waals surface area contributed by atoms with Gasteiger partial charge in [-0.1, -0.05) is 213 Å². The first kappa shape index (κ1) is 61.1. The third-order valence-corrected chi connectivity index (χ3v) is 20.6. The summed E-state index contributed by atoms with van der Waals surface area (Å²) in [5.41, 5.74) is 11.9. The van der Waals surface area contributed by atoms with E-state index in [9.17, 15) is 15.3 Å². The van der Waals surface area contributed by atoms with E-state index < -0.39 is 24.2 Å². The number of benzene rings is 4. The minimum atomic E-state index is -1.44. The molecule has 0 amide bonds. The first-order chi connectivity index (χ1) is 31.6. The van der Waals surface area contributed by atoms with Crippen LogP contribution in [0, 0.1) is 0 Å². The SMILES string of the molecule is CC(C)(C)c1cc(CC[Si](C)(C)C)c(C(C)(C)C)cc1O.CCCCc1cc(CC[Si](C)(C)C)c(CCCC)cc1O.CCCCc1cc(CC[Si](C)(C)c2ccccc2)c(CCCC)cc1O. The Morgan fingerprint density at radius 1 is 0.368 bits per heavy atom. The van der Waals surface area contributed by atoms with Crippen LogP contribution in [0.5, 0.6) is 17.2 Å². The first-order valence-electron chi connectivity index (χ1n) is 27.2. The van der Waals surface area contributed by atoms with Gasteiger partial charge in [0.25, 0.3) is 0 Å². The molecule has 0 aliphatic heterocycles. The summed E-state index contributed by atoms with van der Waals surface area (Å²) in [6.45, 7) is 41.6. The lowest BCUT2D eigenvalue weighted by Gasteiger charge is -2.29. The lowest BCUT2D eigenvalue weighted by Crippen LogP contribution is -2.41. The second-order valence-corrected chi connectivity index (χ2v) is 41.4. The molecule has 0 spiro atoms.